The van der Waals surface area contributed by atoms with Gasteiger partial charge >= 0.3 is 0 Å². The lowest BCUT2D eigenvalue weighted by Crippen LogP contribution is -2.52. The Bertz CT molecular complexity index is 920. The van der Waals surface area contributed by atoms with E-state index >= 15 is 0 Å². The molecule has 6 nitrogen and oxygen atoms in total. The lowest BCUT2D eigenvalue weighted by Gasteiger charge is -2.29. The molecule has 2 aliphatic rings. The number of carbonyl (C=O) groups is 3. The van der Waals surface area contributed by atoms with Gasteiger partial charge in [-0.15, -0.1) is 0 Å². The number of benzene rings is 2. The van der Waals surface area contributed by atoms with Crippen molar-refractivity contribution in [1.29, 1.82) is 0 Å². The smallest absolute Gasteiger partial charge is 0.255 e. The van der Waals surface area contributed by atoms with E-state index in [2.05, 4.69) is 5.32 Å². The number of ether oxygens (including phenoxy) is 1. The molecule has 0 radical (unpaired) electrons. The van der Waals surface area contributed by atoms with Gasteiger partial charge in [-0.3, -0.25) is 19.7 Å². The van der Waals surface area contributed by atoms with Gasteiger partial charge in [-0.1, -0.05) is 35.9 Å². The number of amides is 3. The molecule has 1 unspecified atom stereocenters. The average Bonchev–Trinajstić information content (AvgIpc) is 2.99. The minimum Gasteiger partial charge on any atom is -0.489 e. The maximum Gasteiger partial charge on any atom is 0.255 e. The molecule has 27 heavy (non-hydrogen) atoms. The lowest BCUT2D eigenvalue weighted by atomic mass is 10.0. The van der Waals surface area contributed by atoms with E-state index in [0.29, 0.717) is 30.9 Å². The van der Waals surface area contributed by atoms with Gasteiger partial charge in [-0.05, 0) is 31.0 Å². The van der Waals surface area contributed by atoms with Crippen molar-refractivity contribution < 1.29 is 19.1 Å². The Morgan fingerprint density at radius 3 is 2.63 bits per heavy atom. The van der Waals surface area contributed by atoms with Crippen LogP contribution in [0.4, 0.5) is 0 Å². The molecule has 1 saturated heterocycles. The maximum absolute atomic E-state index is 12.8. The van der Waals surface area contributed by atoms with E-state index in [1.807, 2.05) is 37.3 Å². The molecule has 4 rings (SSSR count). The molecule has 0 aromatic heterocycles. The lowest BCUT2D eigenvalue weighted by molar-refractivity contribution is -0.136. The van der Waals surface area contributed by atoms with Gasteiger partial charge in [0.15, 0.2) is 0 Å². The molecule has 0 spiro atoms. The monoisotopic (exact) mass is 364 g/mol. The molecule has 2 aromatic carbocycles. The third-order valence-electron chi connectivity index (χ3n) is 5.05. The fourth-order valence-electron chi connectivity index (χ4n) is 3.54. The van der Waals surface area contributed by atoms with Crippen molar-refractivity contribution >= 4 is 17.7 Å². The number of imide groups is 1. The number of rotatable bonds is 4. The van der Waals surface area contributed by atoms with E-state index in [1.54, 1.807) is 12.1 Å². The zero-order valence-electron chi connectivity index (χ0n) is 15.0. The highest BCUT2D eigenvalue weighted by atomic mass is 16.5. The van der Waals surface area contributed by atoms with Crippen LogP contribution in [-0.4, -0.2) is 28.7 Å². The number of piperidine rings is 1. The Balaban J connectivity index is 1.53. The SMILES string of the molecule is Cc1ccc(COc2cccc3c2CN(C2CCC(=O)NC2=O)C3=O)cc1. The van der Waals surface area contributed by atoms with Crippen molar-refractivity contribution in [2.24, 2.45) is 0 Å². The zero-order valence-corrected chi connectivity index (χ0v) is 15.0. The standard InChI is InChI=1S/C21H20N2O4/c1-13-5-7-14(8-6-13)12-27-18-4-2-3-15-16(18)11-23(21(15)26)17-9-10-19(24)22-20(17)25/h2-8,17H,9-12H2,1H3,(H,22,24,25). The summed E-state index contributed by atoms with van der Waals surface area (Å²) in [5.41, 5.74) is 3.58. The molecular weight excluding hydrogens is 344 g/mol. The molecule has 1 fully saturated rings. The largest absolute Gasteiger partial charge is 0.489 e. The van der Waals surface area contributed by atoms with Crippen LogP contribution >= 0.6 is 0 Å². The van der Waals surface area contributed by atoms with Crippen molar-refractivity contribution in [1.82, 2.24) is 10.2 Å². The Labute approximate surface area is 157 Å². The normalized spacial score (nSPS) is 19.1. The quantitative estimate of drug-likeness (QED) is 0.845. The van der Waals surface area contributed by atoms with Gasteiger partial charge in [0.1, 0.15) is 18.4 Å². The van der Waals surface area contributed by atoms with Crippen molar-refractivity contribution in [3.63, 3.8) is 0 Å². The van der Waals surface area contributed by atoms with E-state index in [0.717, 1.165) is 11.1 Å². The van der Waals surface area contributed by atoms with Crippen LogP contribution in [0.25, 0.3) is 0 Å². The van der Waals surface area contributed by atoms with Crippen LogP contribution < -0.4 is 10.1 Å². The molecule has 138 valence electrons. The van der Waals surface area contributed by atoms with Crippen molar-refractivity contribution in [3.8, 4) is 5.75 Å². The van der Waals surface area contributed by atoms with Gasteiger partial charge in [-0.2, -0.15) is 0 Å². The number of nitrogens with zero attached hydrogens (tertiary/aromatic N) is 1. The topological polar surface area (TPSA) is 75.7 Å². The van der Waals surface area contributed by atoms with Gasteiger partial charge in [0.05, 0.1) is 6.54 Å². The predicted octanol–water partition coefficient (Wildman–Crippen LogP) is 2.34. The van der Waals surface area contributed by atoms with Gasteiger partial charge in [0.25, 0.3) is 5.91 Å². The highest BCUT2D eigenvalue weighted by Gasteiger charge is 2.40. The van der Waals surface area contributed by atoms with E-state index in [9.17, 15) is 14.4 Å². The molecular formula is C21H20N2O4. The summed E-state index contributed by atoms with van der Waals surface area (Å²) in [6.45, 7) is 2.75. The van der Waals surface area contributed by atoms with E-state index < -0.39 is 11.9 Å². The van der Waals surface area contributed by atoms with Crippen LogP contribution in [0.5, 0.6) is 5.75 Å². The minimum absolute atomic E-state index is 0.194. The van der Waals surface area contributed by atoms with E-state index in [-0.39, 0.29) is 18.2 Å². The molecule has 0 saturated carbocycles. The maximum atomic E-state index is 12.8. The van der Waals surface area contributed by atoms with Crippen molar-refractivity contribution in [2.75, 3.05) is 0 Å². The second kappa shape index (κ2) is 6.87. The van der Waals surface area contributed by atoms with Crippen molar-refractivity contribution in [3.05, 3.63) is 64.7 Å². The molecule has 1 atom stereocenters. The van der Waals surface area contributed by atoms with Crippen LogP contribution in [0.15, 0.2) is 42.5 Å². The fourth-order valence-corrected chi connectivity index (χ4v) is 3.54. The summed E-state index contributed by atoms with van der Waals surface area (Å²) in [5, 5.41) is 2.32. The first kappa shape index (κ1) is 17.3. The Morgan fingerprint density at radius 2 is 1.89 bits per heavy atom. The first-order valence-electron chi connectivity index (χ1n) is 8.98. The average molecular weight is 364 g/mol. The number of hydrogen-bond acceptors (Lipinski definition) is 4. The number of carbonyl (C=O) groups excluding carboxylic acids is 3. The summed E-state index contributed by atoms with van der Waals surface area (Å²) in [7, 11) is 0. The predicted molar refractivity (Wildman–Crippen MR) is 98.0 cm³/mol. The Morgan fingerprint density at radius 1 is 1.11 bits per heavy atom. The second-order valence-electron chi connectivity index (χ2n) is 6.96. The minimum atomic E-state index is -0.618. The molecule has 0 aliphatic carbocycles. The molecule has 2 aliphatic heterocycles. The summed E-state index contributed by atoms with van der Waals surface area (Å²) < 4.78 is 5.97. The number of aryl methyl sites for hydroxylation is 1. The van der Waals surface area contributed by atoms with Crippen molar-refractivity contribution in [2.45, 2.75) is 39.0 Å². The molecule has 3 amide bonds. The van der Waals surface area contributed by atoms with Gasteiger partial charge in [-0.25, -0.2) is 0 Å². The van der Waals surface area contributed by atoms with Gasteiger partial charge < -0.3 is 9.64 Å². The summed E-state index contributed by atoms with van der Waals surface area (Å²) in [6, 6.07) is 12.8. The molecule has 2 aromatic rings. The first-order valence-corrected chi connectivity index (χ1v) is 8.98. The van der Waals surface area contributed by atoms with Gasteiger partial charge in [0.2, 0.25) is 11.8 Å². The highest BCUT2D eigenvalue weighted by Crippen LogP contribution is 2.33. The van der Waals surface area contributed by atoms with E-state index in [4.69, 9.17) is 4.74 Å². The zero-order chi connectivity index (χ0) is 19.0. The number of nitrogens with one attached hydrogen (secondary N) is 1. The molecule has 2 heterocycles. The summed E-state index contributed by atoms with van der Waals surface area (Å²) in [6.07, 6.45) is 0.595. The number of hydrogen-bond donors (Lipinski definition) is 1. The Hall–Kier alpha value is -3.15. The third kappa shape index (κ3) is 3.30. The third-order valence-corrected chi connectivity index (χ3v) is 5.05. The van der Waals surface area contributed by atoms with Crippen LogP contribution in [-0.2, 0) is 22.7 Å². The second-order valence-corrected chi connectivity index (χ2v) is 6.96. The summed E-state index contributed by atoms with van der Waals surface area (Å²) in [4.78, 5) is 37.9. The van der Waals surface area contributed by atoms with Crippen LogP contribution in [0.3, 0.4) is 0 Å². The molecule has 6 heteroatoms. The summed E-state index contributed by atoms with van der Waals surface area (Å²) in [5.74, 6) is -0.242. The first-order chi connectivity index (χ1) is 13.0. The fraction of sp³-hybridized carbons (Fsp3) is 0.286. The van der Waals surface area contributed by atoms with Crippen LogP contribution in [0.2, 0.25) is 0 Å². The molecule has 0 bridgehead atoms. The van der Waals surface area contributed by atoms with Gasteiger partial charge in [0, 0.05) is 17.5 Å². The summed E-state index contributed by atoms with van der Waals surface area (Å²) >= 11 is 0. The van der Waals surface area contributed by atoms with E-state index in [1.165, 1.54) is 10.5 Å². The van der Waals surface area contributed by atoms with Crippen LogP contribution in [0.1, 0.15) is 39.9 Å². The van der Waals surface area contributed by atoms with Crippen LogP contribution in [0, 0.1) is 6.92 Å². The number of fused-ring (bicyclic) bond motifs is 1. The highest BCUT2D eigenvalue weighted by molar-refractivity contribution is 6.05. The Kier molecular flexibility index (Phi) is 4.39. The molecule has 1 N–H and O–H groups in total.